The van der Waals surface area contributed by atoms with Crippen molar-refractivity contribution in [1.82, 2.24) is 39.7 Å². The number of H-pyrrole nitrogens is 3. The van der Waals surface area contributed by atoms with Crippen LogP contribution in [0.1, 0.15) is 16.4 Å². The molecule has 5 aromatic rings. The topological polar surface area (TPSA) is 130 Å². The largest absolute Gasteiger partial charge is 0.323 e. The van der Waals surface area contributed by atoms with Gasteiger partial charge in [-0.05, 0) is 6.07 Å². The fourth-order valence-electron chi connectivity index (χ4n) is 3.19. The Kier molecular flexibility index (Phi) is 3.37. The van der Waals surface area contributed by atoms with Crippen LogP contribution >= 0.6 is 11.3 Å². The van der Waals surface area contributed by atoms with Gasteiger partial charge in [-0.15, -0.1) is 11.3 Å². The SMILES string of the molecule is Cn1c2nc(Cc3ccn[nH]3)sc2c2cnn(Cc3cc(=O)[nH][nH]3)c(=O)c21. The number of nitrogens with one attached hydrogen (secondary N) is 3. The summed E-state index contributed by atoms with van der Waals surface area (Å²) in [7, 11) is 1.83. The van der Waals surface area contributed by atoms with Gasteiger partial charge in [-0.3, -0.25) is 19.8 Å². The van der Waals surface area contributed by atoms with Crippen molar-refractivity contribution in [1.29, 1.82) is 0 Å². The highest BCUT2D eigenvalue weighted by molar-refractivity contribution is 7.19. The van der Waals surface area contributed by atoms with Crippen LogP contribution in [0.5, 0.6) is 0 Å². The van der Waals surface area contributed by atoms with Crippen LogP contribution in [0.25, 0.3) is 21.3 Å². The minimum Gasteiger partial charge on any atom is -0.323 e. The smallest absolute Gasteiger partial charge is 0.291 e. The van der Waals surface area contributed by atoms with Gasteiger partial charge in [0.2, 0.25) is 0 Å². The van der Waals surface area contributed by atoms with Crippen molar-refractivity contribution in [3.05, 3.63) is 61.6 Å². The molecular weight excluding hydrogens is 368 g/mol. The maximum Gasteiger partial charge on any atom is 0.291 e. The Morgan fingerprint density at radius 1 is 1.22 bits per heavy atom. The van der Waals surface area contributed by atoms with Crippen molar-refractivity contribution in [2.45, 2.75) is 13.0 Å². The van der Waals surface area contributed by atoms with Gasteiger partial charge in [-0.1, -0.05) is 0 Å². The van der Waals surface area contributed by atoms with E-state index in [9.17, 15) is 9.59 Å². The molecule has 0 saturated carbocycles. The molecule has 0 unspecified atom stereocenters. The molecule has 3 N–H and O–H groups in total. The number of aromatic amines is 3. The highest BCUT2D eigenvalue weighted by atomic mass is 32.1. The Balaban J connectivity index is 1.61. The lowest BCUT2D eigenvalue weighted by Crippen LogP contribution is -2.24. The predicted octanol–water partition coefficient (Wildman–Crippen LogP) is 0.723. The zero-order chi connectivity index (χ0) is 18.5. The Morgan fingerprint density at radius 2 is 2.11 bits per heavy atom. The van der Waals surface area contributed by atoms with Crippen molar-refractivity contribution < 1.29 is 0 Å². The van der Waals surface area contributed by atoms with Gasteiger partial charge in [0.15, 0.2) is 5.65 Å². The van der Waals surface area contributed by atoms with Crippen LogP contribution in [0.3, 0.4) is 0 Å². The number of rotatable bonds is 4. The molecular formula is C16H14N8O2S. The van der Waals surface area contributed by atoms with E-state index in [0.717, 1.165) is 26.4 Å². The molecule has 0 spiro atoms. The molecule has 5 aromatic heterocycles. The van der Waals surface area contributed by atoms with E-state index in [4.69, 9.17) is 0 Å². The molecule has 0 aliphatic heterocycles. The molecule has 0 aliphatic carbocycles. The van der Waals surface area contributed by atoms with Crippen molar-refractivity contribution in [2.75, 3.05) is 0 Å². The van der Waals surface area contributed by atoms with Crippen LogP contribution in [0.4, 0.5) is 0 Å². The molecule has 0 atom stereocenters. The standard InChI is InChI=1S/C16H14N8O2S/c1-23-13-10(6-18-24(16(13)26)7-9-4-11(25)22-21-9)14-15(23)19-12(27-14)5-8-2-3-17-20-8/h2-4,6H,5,7H2,1H3,(H,17,20)(H2,21,22,25). The lowest BCUT2D eigenvalue weighted by atomic mass is 10.3. The summed E-state index contributed by atoms with van der Waals surface area (Å²) in [5, 5.41) is 18.1. The van der Waals surface area contributed by atoms with Gasteiger partial charge in [0, 0.05) is 36.8 Å². The molecule has 10 nitrogen and oxygen atoms in total. The third kappa shape index (κ3) is 2.51. The monoisotopic (exact) mass is 382 g/mol. The van der Waals surface area contributed by atoms with Crippen LogP contribution in [0.2, 0.25) is 0 Å². The van der Waals surface area contributed by atoms with E-state index in [2.05, 4.69) is 30.5 Å². The number of thiazole rings is 1. The van der Waals surface area contributed by atoms with Gasteiger partial charge in [-0.2, -0.15) is 10.2 Å². The normalized spacial score (nSPS) is 11.7. The molecule has 0 saturated heterocycles. The summed E-state index contributed by atoms with van der Waals surface area (Å²) >= 11 is 1.55. The predicted molar refractivity (Wildman–Crippen MR) is 100 cm³/mol. The lowest BCUT2D eigenvalue weighted by molar-refractivity contribution is 0.631. The second kappa shape index (κ2) is 5.77. The minimum absolute atomic E-state index is 0.185. The quantitative estimate of drug-likeness (QED) is 0.422. The Bertz CT molecular complexity index is 1380. The first-order valence-corrected chi connectivity index (χ1v) is 9.00. The summed E-state index contributed by atoms with van der Waals surface area (Å²) in [5.74, 6) is 0. The molecule has 136 valence electrons. The van der Waals surface area contributed by atoms with E-state index in [0.29, 0.717) is 17.6 Å². The summed E-state index contributed by atoms with van der Waals surface area (Å²) in [6, 6.07) is 3.32. The van der Waals surface area contributed by atoms with Crippen LogP contribution in [0.15, 0.2) is 34.1 Å². The maximum absolute atomic E-state index is 12.9. The van der Waals surface area contributed by atoms with Crippen LogP contribution in [-0.2, 0) is 20.0 Å². The minimum atomic E-state index is -0.243. The zero-order valence-corrected chi connectivity index (χ0v) is 15.0. The molecule has 0 amide bonds. The molecule has 0 aromatic carbocycles. The first-order valence-electron chi connectivity index (χ1n) is 8.19. The second-order valence-electron chi connectivity index (χ2n) is 6.23. The molecule has 11 heteroatoms. The van der Waals surface area contributed by atoms with Crippen LogP contribution < -0.4 is 11.1 Å². The average Bonchev–Trinajstić information content (AvgIpc) is 3.40. The van der Waals surface area contributed by atoms with Crippen LogP contribution in [0, 0.1) is 0 Å². The first-order chi connectivity index (χ1) is 13.1. The molecule has 5 heterocycles. The number of hydrogen-bond acceptors (Lipinski definition) is 6. The highest BCUT2D eigenvalue weighted by Gasteiger charge is 2.18. The summed E-state index contributed by atoms with van der Waals surface area (Å²) in [6.07, 6.45) is 4.05. The van der Waals surface area contributed by atoms with E-state index < -0.39 is 0 Å². The van der Waals surface area contributed by atoms with Gasteiger partial charge in [-0.25, -0.2) is 9.67 Å². The third-order valence-electron chi connectivity index (χ3n) is 4.44. The fourth-order valence-corrected chi connectivity index (χ4v) is 4.31. The van der Waals surface area contributed by atoms with Crippen molar-refractivity contribution >= 4 is 32.6 Å². The number of aromatic nitrogens is 8. The van der Waals surface area contributed by atoms with Crippen LogP contribution in [-0.4, -0.2) is 39.7 Å². The number of aryl methyl sites for hydroxylation is 1. The van der Waals surface area contributed by atoms with E-state index in [-0.39, 0.29) is 17.7 Å². The van der Waals surface area contributed by atoms with E-state index in [1.165, 1.54) is 10.7 Å². The number of hydrogen-bond donors (Lipinski definition) is 3. The molecule has 0 fully saturated rings. The Hall–Kier alpha value is -3.47. The van der Waals surface area contributed by atoms with E-state index >= 15 is 0 Å². The second-order valence-corrected chi connectivity index (χ2v) is 7.32. The van der Waals surface area contributed by atoms with E-state index in [1.807, 2.05) is 13.1 Å². The first kappa shape index (κ1) is 15.8. The fraction of sp³-hybridized carbons (Fsp3) is 0.188. The van der Waals surface area contributed by atoms with Crippen molar-refractivity contribution in [2.24, 2.45) is 7.05 Å². The lowest BCUT2D eigenvalue weighted by Gasteiger charge is -2.03. The van der Waals surface area contributed by atoms with Gasteiger partial charge < -0.3 is 9.67 Å². The molecule has 27 heavy (non-hydrogen) atoms. The highest BCUT2D eigenvalue weighted by Crippen LogP contribution is 2.31. The maximum atomic E-state index is 12.9. The van der Waals surface area contributed by atoms with Gasteiger partial charge in [0.1, 0.15) is 10.5 Å². The average molecular weight is 382 g/mol. The Labute approximate surface area is 154 Å². The number of fused-ring (bicyclic) bond motifs is 3. The molecule has 0 bridgehead atoms. The summed E-state index contributed by atoms with van der Waals surface area (Å²) in [4.78, 5) is 28.8. The zero-order valence-electron chi connectivity index (χ0n) is 14.2. The number of nitrogens with zero attached hydrogens (tertiary/aromatic N) is 5. The van der Waals surface area contributed by atoms with Gasteiger partial charge >= 0.3 is 0 Å². The van der Waals surface area contributed by atoms with E-state index in [1.54, 1.807) is 28.3 Å². The van der Waals surface area contributed by atoms with Crippen molar-refractivity contribution in [3.63, 3.8) is 0 Å². The summed E-state index contributed by atoms with van der Waals surface area (Å²) in [6.45, 7) is 0.185. The molecule has 0 aliphatic rings. The third-order valence-corrected chi connectivity index (χ3v) is 5.52. The molecule has 5 rings (SSSR count). The van der Waals surface area contributed by atoms with Crippen molar-refractivity contribution in [3.8, 4) is 0 Å². The summed E-state index contributed by atoms with van der Waals surface area (Å²) < 4.78 is 4.07. The van der Waals surface area contributed by atoms with Gasteiger partial charge in [0.05, 0.1) is 23.1 Å². The summed E-state index contributed by atoms with van der Waals surface area (Å²) in [5.41, 5.74) is 2.41. The molecule has 0 radical (unpaired) electrons. The van der Waals surface area contributed by atoms with Gasteiger partial charge in [0.25, 0.3) is 11.1 Å². The Morgan fingerprint density at radius 3 is 2.85 bits per heavy atom.